The third-order valence-corrected chi connectivity index (χ3v) is 5.56. The Morgan fingerprint density at radius 1 is 1.00 bits per heavy atom. The Kier molecular flexibility index (Phi) is 6.32. The molecule has 29 heavy (non-hydrogen) atoms. The first-order valence-electron chi connectivity index (χ1n) is 10.3. The summed E-state index contributed by atoms with van der Waals surface area (Å²) < 4.78 is 0. The molecule has 0 spiro atoms. The number of rotatable bonds is 7. The molecule has 4 heteroatoms. The van der Waals surface area contributed by atoms with E-state index >= 15 is 0 Å². The molecule has 1 fully saturated rings. The van der Waals surface area contributed by atoms with Crippen molar-refractivity contribution < 1.29 is 4.79 Å². The van der Waals surface area contributed by atoms with Gasteiger partial charge in [0.2, 0.25) is 5.91 Å². The van der Waals surface area contributed by atoms with Gasteiger partial charge in [-0.05, 0) is 36.1 Å². The third kappa shape index (κ3) is 5.09. The number of carbonyl (C=O) groups excluding carboxylic acids is 1. The highest BCUT2D eigenvalue weighted by Crippen LogP contribution is 2.24. The Bertz CT molecular complexity index is 860. The van der Waals surface area contributed by atoms with Crippen molar-refractivity contribution in [1.82, 2.24) is 15.2 Å². The smallest absolute Gasteiger partial charge is 0.233 e. The quantitative estimate of drug-likeness (QED) is 0.675. The lowest BCUT2D eigenvalue weighted by atomic mass is 9.94. The predicted molar refractivity (Wildman–Crippen MR) is 116 cm³/mol. The Balaban J connectivity index is 1.38. The third-order valence-electron chi connectivity index (χ3n) is 5.56. The lowest BCUT2D eigenvalue weighted by Crippen LogP contribution is -2.40. The second kappa shape index (κ2) is 9.48. The number of pyridine rings is 1. The van der Waals surface area contributed by atoms with Crippen LogP contribution in [0.4, 0.5) is 0 Å². The van der Waals surface area contributed by atoms with Crippen LogP contribution in [-0.2, 0) is 11.2 Å². The van der Waals surface area contributed by atoms with Crippen LogP contribution in [0, 0.1) is 0 Å². The normalized spacial score (nSPS) is 17.7. The van der Waals surface area contributed by atoms with E-state index in [-0.39, 0.29) is 17.9 Å². The molecule has 4 nitrogen and oxygen atoms in total. The predicted octanol–water partition coefficient (Wildman–Crippen LogP) is 3.65. The topological polar surface area (TPSA) is 45.2 Å². The summed E-state index contributed by atoms with van der Waals surface area (Å²) >= 11 is 0. The molecule has 1 amide bonds. The fraction of sp³-hybridized carbons (Fsp3) is 0.280. The molecule has 4 rings (SSSR count). The summed E-state index contributed by atoms with van der Waals surface area (Å²) in [6.45, 7) is 2.96. The Morgan fingerprint density at radius 2 is 1.72 bits per heavy atom. The van der Waals surface area contributed by atoms with E-state index in [1.54, 1.807) is 6.20 Å². The van der Waals surface area contributed by atoms with Crippen LogP contribution in [0.15, 0.2) is 85.1 Å². The van der Waals surface area contributed by atoms with E-state index in [1.807, 2.05) is 48.5 Å². The molecule has 2 atom stereocenters. The van der Waals surface area contributed by atoms with Crippen molar-refractivity contribution in [2.24, 2.45) is 0 Å². The van der Waals surface area contributed by atoms with Gasteiger partial charge in [0.15, 0.2) is 0 Å². The maximum absolute atomic E-state index is 13.2. The standard InChI is InChI=1S/C25H27N3O/c29-25(24(21-11-5-2-6-12-21)23-13-7-8-16-26-23)27-22-15-18-28(19-22)17-14-20-9-3-1-4-10-20/h1-13,16,22,24H,14-15,17-19H2,(H,27,29)/t22-,24?/m0/s1. The van der Waals surface area contributed by atoms with E-state index in [0.29, 0.717) is 0 Å². The molecule has 1 aromatic heterocycles. The van der Waals surface area contributed by atoms with Crippen molar-refractivity contribution >= 4 is 5.91 Å². The molecule has 2 heterocycles. The molecular weight excluding hydrogens is 358 g/mol. The highest BCUT2D eigenvalue weighted by atomic mass is 16.2. The highest BCUT2D eigenvalue weighted by molar-refractivity contribution is 5.86. The number of aromatic nitrogens is 1. The van der Waals surface area contributed by atoms with Gasteiger partial charge < -0.3 is 10.2 Å². The average molecular weight is 386 g/mol. The summed E-state index contributed by atoms with van der Waals surface area (Å²) in [4.78, 5) is 20.1. The van der Waals surface area contributed by atoms with E-state index < -0.39 is 0 Å². The van der Waals surface area contributed by atoms with Crippen molar-refractivity contribution in [2.45, 2.75) is 24.8 Å². The zero-order valence-corrected chi connectivity index (χ0v) is 16.6. The Morgan fingerprint density at radius 3 is 2.45 bits per heavy atom. The summed E-state index contributed by atoms with van der Waals surface area (Å²) in [5, 5.41) is 3.28. The first kappa shape index (κ1) is 19.3. The molecule has 1 unspecified atom stereocenters. The van der Waals surface area contributed by atoms with E-state index in [0.717, 1.165) is 43.7 Å². The number of nitrogens with one attached hydrogen (secondary N) is 1. The number of hydrogen-bond acceptors (Lipinski definition) is 3. The van der Waals surface area contributed by atoms with Crippen LogP contribution >= 0.6 is 0 Å². The van der Waals surface area contributed by atoms with E-state index in [1.165, 1.54) is 5.56 Å². The SMILES string of the molecule is O=C(N[C@H]1CCN(CCc2ccccc2)C1)C(c1ccccc1)c1ccccn1. The fourth-order valence-corrected chi connectivity index (χ4v) is 4.02. The van der Waals surface area contributed by atoms with Gasteiger partial charge in [-0.1, -0.05) is 66.7 Å². The van der Waals surface area contributed by atoms with Crippen molar-refractivity contribution in [1.29, 1.82) is 0 Å². The summed E-state index contributed by atoms with van der Waals surface area (Å²) in [6.07, 6.45) is 3.78. The van der Waals surface area contributed by atoms with Crippen molar-refractivity contribution in [3.8, 4) is 0 Å². The molecule has 1 aliphatic heterocycles. The van der Waals surface area contributed by atoms with E-state index in [2.05, 4.69) is 45.5 Å². The van der Waals surface area contributed by atoms with Gasteiger partial charge in [-0.15, -0.1) is 0 Å². The molecular formula is C25H27N3O. The first-order chi connectivity index (χ1) is 14.3. The van der Waals surface area contributed by atoms with Crippen LogP contribution < -0.4 is 5.32 Å². The molecule has 0 bridgehead atoms. The van der Waals surface area contributed by atoms with Gasteiger partial charge in [-0.2, -0.15) is 0 Å². The van der Waals surface area contributed by atoms with Crippen LogP contribution in [0.25, 0.3) is 0 Å². The number of benzene rings is 2. The minimum Gasteiger partial charge on any atom is -0.351 e. The number of likely N-dealkylation sites (tertiary alicyclic amines) is 1. The Hall–Kier alpha value is -2.98. The van der Waals surface area contributed by atoms with Crippen molar-refractivity contribution in [3.63, 3.8) is 0 Å². The van der Waals surface area contributed by atoms with Gasteiger partial charge in [0.1, 0.15) is 5.92 Å². The maximum Gasteiger partial charge on any atom is 0.233 e. The van der Waals surface area contributed by atoms with Gasteiger partial charge in [-0.25, -0.2) is 0 Å². The summed E-state index contributed by atoms with van der Waals surface area (Å²) in [7, 11) is 0. The molecule has 3 aromatic rings. The molecule has 0 saturated carbocycles. The number of nitrogens with zero attached hydrogens (tertiary/aromatic N) is 2. The number of carbonyl (C=O) groups is 1. The fourth-order valence-electron chi connectivity index (χ4n) is 4.02. The molecule has 0 aliphatic carbocycles. The van der Waals surface area contributed by atoms with Crippen molar-refractivity contribution in [2.75, 3.05) is 19.6 Å². The highest BCUT2D eigenvalue weighted by Gasteiger charge is 2.29. The number of amides is 1. The number of hydrogen-bond donors (Lipinski definition) is 1. The Labute approximate surface area is 172 Å². The van der Waals surface area contributed by atoms with Crippen LogP contribution in [-0.4, -0.2) is 41.5 Å². The molecule has 0 radical (unpaired) electrons. The van der Waals surface area contributed by atoms with E-state index in [9.17, 15) is 4.79 Å². The van der Waals surface area contributed by atoms with Crippen LogP contribution in [0.1, 0.15) is 29.2 Å². The van der Waals surface area contributed by atoms with Gasteiger partial charge in [0.05, 0.1) is 5.69 Å². The maximum atomic E-state index is 13.2. The summed E-state index contributed by atoms with van der Waals surface area (Å²) in [5.41, 5.74) is 3.12. The van der Waals surface area contributed by atoms with Gasteiger partial charge in [0.25, 0.3) is 0 Å². The minimum atomic E-state index is -0.379. The lowest BCUT2D eigenvalue weighted by Gasteiger charge is -2.21. The van der Waals surface area contributed by atoms with Crippen LogP contribution in [0.3, 0.4) is 0 Å². The molecule has 1 saturated heterocycles. The zero-order chi connectivity index (χ0) is 19.9. The summed E-state index contributed by atoms with van der Waals surface area (Å²) in [6, 6.07) is 26.4. The second-order valence-electron chi connectivity index (χ2n) is 7.63. The lowest BCUT2D eigenvalue weighted by molar-refractivity contribution is -0.122. The van der Waals surface area contributed by atoms with Gasteiger partial charge >= 0.3 is 0 Å². The molecule has 1 aliphatic rings. The van der Waals surface area contributed by atoms with Crippen molar-refractivity contribution in [3.05, 3.63) is 102 Å². The largest absolute Gasteiger partial charge is 0.351 e. The van der Waals surface area contributed by atoms with E-state index in [4.69, 9.17) is 0 Å². The zero-order valence-electron chi connectivity index (χ0n) is 16.6. The molecule has 1 N–H and O–H groups in total. The van der Waals surface area contributed by atoms with Crippen LogP contribution in [0.2, 0.25) is 0 Å². The molecule has 2 aromatic carbocycles. The van der Waals surface area contributed by atoms with Gasteiger partial charge in [0, 0.05) is 31.9 Å². The first-order valence-corrected chi connectivity index (χ1v) is 10.3. The monoisotopic (exact) mass is 385 g/mol. The minimum absolute atomic E-state index is 0.0322. The average Bonchev–Trinajstić information content (AvgIpc) is 3.22. The summed E-state index contributed by atoms with van der Waals surface area (Å²) in [5.74, 6) is -0.347. The molecule has 148 valence electrons. The van der Waals surface area contributed by atoms with Gasteiger partial charge in [-0.3, -0.25) is 9.78 Å². The second-order valence-corrected chi connectivity index (χ2v) is 7.63. The van der Waals surface area contributed by atoms with Crippen LogP contribution in [0.5, 0.6) is 0 Å².